The summed E-state index contributed by atoms with van der Waals surface area (Å²) in [4.78, 5) is 21.3. The van der Waals surface area contributed by atoms with Crippen molar-refractivity contribution >= 4 is 34.1 Å². The number of nitrogens with zero attached hydrogens (tertiary/aromatic N) is 6. The Morgan fingerprint density at radius 1 is 1.27 bits per heavy atom. The van der Waals surface area contributed by atoms with E-state index in [9.17, 15) is 9.90 Å². The van der Waals surface area contributed by atoms with Gasteiger partial charge in [-0.2, -0.15) is 10.1 Å². The monoisotopic (exact) mass is 427 g/mol. The van der Waals surface area contributed by atoms with Gasteiger partial charge >= 0.3 is 5.69 Å². The van der Waals surface area contributed by atoms with E-state index in [2.05, 4.69) is 20.4 Å². The van der Waals surface area contributed by atoms with Crippen LogP contribution in [-0.2, 0) is 13.6 Å². The molecule has 156 valence electrons. The maximum Gasteiger partial charge on any atom is 0.328 e. The molecule has 10 heteroatoms. The number of nitrogens with one attached hydrogen (secondary N) is 1. The first-order chi connectivity index (χ1) is 14.2. The van der Waals surface area contributed by atoms with E-state index in [1.165, 1.54) is 10.9 Å². The molecule has 0 amide bonds. The largest absolute Gasteiger partial charge is 0.390 e. The van der Waals surface area contributed by atoms with Crippen LogP contribution in [0.5, 0.6) is 0 Å². The molecule has 0 radical (unpaired) electrons. The molecule has 3 heterocycles. The van der Waals surface area contributed by atoms with Crippen LogP contribution in [0.3, 0.4) is 0 Å². The van der Waals surface area contributed by atoms with Crippen LogP contribution in [0.4, 0.5) is 11.5 Å². The van der Waals surface area contributed by atoms with Crippen LogP contribution in [0.2, 0.25) is 5.02 Å². The quantitative estimate of drug-likeness (QED) is 0.490. The Morgan fingerprint density at radius 3 is 2.77 bits per heavy atom. The number of rotatable bonds is 6. The smallest absolute Gasteiger partial charge is 0.328 e. The van der Waals surface area contributed by atoms with Gasteiger partial charge in [-0.15, -0.1) is 0 Å². The molecule has 2 N–H and O–H groups in total. The summed E-state index contributed by atoms with van der Waals surface area (Å²) < 4.78 is 4.79. The van der Waals surface area contributed by atoms with Crippen molar-refractivity contribution < 1.29 is 5.11 Å². The fraction of sp³-hybridized carbons (Fsp3) is 0.300. The summed E-state index contributed by atoms with van der Waals surface area (Å²) in [6, 6.07) is 7.37. The maximum atomic E-state index is 12.7. The molecule has 0 unspecified atom stereocenters. The Morgan fingerprint density at radius 2 is 2.07 bits per heavy atom. The highest BCUT2D eigenvalue weighted by atomic mass is 35.5. The lowest BCUT2D eigenvalue weighted by Gasteiger charge is -2.17. The van der Waals surface area contributed by atoms with Crippen molar-refractivity contribution in [3.05, 3.63) is 58.4 Å². The number of imidazole rings is 1. The molecule has 0 fully saturated rings. The third-order valence-electron chi connectivity index (χ3n) is 4.80. The molecule has 3 aromatic heterocycles. The number of halogens is 1. The molecule has 0 bridgehead atoms. The van der Waals surface area contributed by atoms with Crippen molar-refractivity contribution in [1.82, 2.24) is 28.9 Å². The molecule has 0 aliphatic carbocycles. The number of fused-ring (bicyclic) bond motifs is 1. The molecule has 1 aromatic carbocycles. The SMILES string of the molecule is Cn1c(=O)n(CCC(C)(C)O)c2cc(Nc3nc(-n4cccn4)ncc3Cl)ccc21. The summed E-state index contributed by atoms with van der Waals surface area (Å²) in [6.45, 7) is 3.86. The summed E-state index contributed by atoms with van der Waals surface area (Å²) in [7, 11) is 1.73. The van der Waals surface area contributed by atoms with Gasteiger partial charge in [0.05, 0.1) is 22.8 Å². The third kappa shape index (κ3) is 3.94. The molecule has 0 saturated heterocycles. The number of aliphatic hydroxyl groups is 1. The van der Waals surface area contributed by atoms with Gasteiger partial charge in [-0.05, 0) is 44.5 Å². The predicted molar refractivity (Wildman–Crippen MR) is 116 cm³/mol. The van der Waals surface area contributed by atoms with Crippen LogP contribution in [0.15, 0.2) is 47.7 Å². The van der Waals surface area contributed by atoms with Gasteiger partial charge in [-0.1, -0.05) is 11.6 Å². The second-order valence-corrected chi connectivity index (χ2v) is 8.11. The molecule has 30 heavy (non-hydrogen) atoms. The van der Waals surface area contributed by atoms with Crippen molar-refractivity contribution in [1.29, 1.82) is 0 Å². The Hall–Kier alpha value is -3.17. The van der Waals surface area contributed by atoms with Gasteiger partial charge in [0.1, 0.15) is 5.02 Å². The van der Waals surface area contributed by atoms with Crippen molar-refractivity contribution in [2.24, 2.45) is 7.05 Å². The molecular weight excluding hydrogens is 406 g/mol. The van der Waals surface area contributed by atoms with Crippen LogP contribution in [0, 0.1) is 0 Å². The second-order valence-electron chi connectivity index (χ2n) is 7.70. The van der Waals surface area contributed by atoms with Gasteiger partial charge in [-0.25, -0.2) is 14.5 Å². The number of anilines is 2. The van der Waals surface area contributed by atoms with Crippen LogP contribution < -0.4 is 11.0 Å². The molecule has 0 spiro atoms. The number of aromatic nitrogens is 6. The Labute approximate surface area is 177 Å². The topological polar surface area (TPSA) is 103 Å². The summed E-state index contributed by atoms with van der Waals surface area (Å²) in [6.07, 6.45) is 5.34. The van der Waals surface area contributed by atoms with Gasteiger partial charge in [0.15, 0.2) is 5.82 Å². The average Bonchev–Trinajstić information content (AvgIpc) is 3.30. The first kappa shape index (κ1) is 20.1. The first-order valence-electron chi connectivity index (χ1n) is 9.44. The van der Waals surface area contributed by atoms with E-state index >= 15 is 0 Å². The molecule has 0 aliphatic rings. The van der Waals surface area contributed by atoms with E-state index in [1.807, 2.05) is 18.2 Å². The minimum Gasteiger partial charge on any atom is -0.390 e. The summed E-state index contributed by atoms with van der Waals surface area (Å²) >= 11 is 6.28. The van der Waals surface area contributed by atoms with Gasteiger partial charge in [0.25, 0.3) is 5.95 Å². The highest BCUT2D eigenvalue weighted by Gasteiger charge is 2.17. The van der Waals surface area contributed by atoms with E-state index in [0.717, 1.165) is 16.7 Å². The fourth-order valence-electron chi connectivity index (χ4n) is 3.17. The van der Waals surface area contributed by atoms with Crippen LogP contribution in [0.1, 0.15) is 20.3 Å². The molecular formula is C20H22ClN7O2. The molecule has 0 saturated carbocycles. The second kappa shape index (κ2) is 7.58. The van der Waals surface area contributed by atoms with E-state index in [-0.39, 0.29) is 5.69 Å². The zero-order chi connectivity index (χ0) is 21.5. The van der Waals surface area contributed by atoms with Gasteiger partial charge < -0.3 is 10.4 Å². The maximum absolute atomic E-state index is 12.7. The van der Waals surface area contributed by atoms with Crippen molar-refractivity contribution in [2.75, 3.05) is 5.32 Å². The fourth-order valence-corrected chi connectivity index (χ4v) is 3.31. The Kier molecular flexibility index (Phi) is 5.08. The lowest BCUT2D eigenvalue weighted by atomic mass is 10.1. The van der Waals surface area contributed by atoms with Crippen molar-refractivity contribution in [3.8, 4) is 5.95 Å². The molecule has 4 aromatic rings. The Balaban J connectivity index is 1.70. The van der Waals surface area contributed by atoms with Gasteiger partial charge in [0, 0.05) is 31.7 Å². The molecule has 0 aliphatic heterocycles. The van der Waals surface area contributed by atoms with Crippen LogP contribution in [-0.4, -0.2) is 39.6 Å². The number of hydrogen-bond acceptors (Lipinski definition) is 6. The lowest BCUT2D eigenvalue weighted by molar-refractivity contribution is 0.0662. The molecule has 0 atom stereocenters. The minimum absolute atomic E-state index is 0.132. The van der Waals surface area contributed by atoms with Gasteiger partial charge in [0.2, 0.25) is 0 Å². The van der Waals surface area contributed by atoms with E-state index in [4.69, 9.17) is 11.6 Å². The molecule has 9 nitrogen and oxygen atoms in total. The predicted octanol–water partition coefficient (Wildman–Crippen LogP) is 2.87. The molecule has 4 rings (SSSR count). The van der Waals surface area contributed by atoms with E-state index < -0.39 is 5.60 Å². The third-order valence-corrected chi connectivity index (χ3v) is 5.07. The zero-order valence-corrected chi connectivity index (χ0v) is 17.6. The summed E-state index contributed by atoms with van der Waals surface area (Å²) in [5, 5.41) is 17.7. The zero-order valence-electron chi connectivity index (χ0n) is 16.9. The van der Waals surface area contributed by atoms with Crippen molar-refractivity contribution in [2.45, 2.75) is 32.4 Å². The van der Waals surface area contributed by atoms with E-state index in [1.54, 1.807) is 48.5 Å². The van der Waals surface area contributed by atoms with Crippen molar-refractivity contribution in [3.63, 3.8) is 0 Å². The lowest BCUT2D eigenvalue weighted by Crippen LogP contribution is -2.27. The standard InChI is InChI=1S/C20H22ClN7O2/c1-20(2,30)7-10-27-16-11-13(5-6-15(16)26(3)19(27)29)24-17-14(21)12-22-18(25-17)28-9-4-8-23-28/h4-6,8-9,11-12,30H,7,10H2,1-3H3,(H,22,24,25). The summed E-state index contributed by atoms with van der Waals surface area (Å²) in [5.74, 6) is 0.813. The highest BCUT2D eigenvalue weighted by Crippen LogP contribution is 2.26. The van der Waals surface area contributed by atoms with Gasteiger partial charge in [-0.3, -0.25) is 9.13 Å². The number of benzene rings is 1. The Bertz CT molecular complexity index is 1250. The first-order valence-corrected chi connectivity index (χ1v) is 9.82. The summed E-state index contributed by atoms with van der Waals surface area (Å²) in [5.41, 5.74) is 1.28. The average molecular weight is 428 g/mol. The number of hydrogen-bond donors (Lipinski definition) is 2. The number of aryl methyl sites for hydroxylation is 2. The normalized spacial score (nSPS) is 11.9. The minimum atomic E-state index is -0.866. The highest BCUT2D eigenvalue weighted by molar-refractivity contribution is 6.32. The van der Waals surface area contributed by atoms with Crippen LogP contribution >= 0.6 is 11.6 Å². The van der Waals surface area contributed by atoms with E-state index in [0.29, 0.717) is 29.8 Å². The van der Waals surface area contributed by atoms with Crippen LogP contribution in [0.25, 0.3) is 17.0 Å².